The second-order valence-corrected chi connectivity index (χ2v) is 10.2. The Morgan fingerprint density at radius 3 is 2.53 bits per heavy atom. The van der Waals surface area contributed by atoms with E-state index in [9.17, 15) is 23.4 Å². The Bertz CT molecular complexity index is 1280. The van der Waals surface area contributed by atoms with E-state index in [-0.39, 0.29) is 20.7 Å². The van der Waals surface area contributed by atoms with Crippen LogP contribution in [-0.4, -0.2) is 36.3 Å². The number of hydrogen-bond donors (Lipinski definition) is 4. The van der Waals surface area contributed by atoms with Crippen molar-refractivity contribution in [3.05, 3.63) is 55.4 Å². The molecule has 0 aliphatic rings. The molecule has 1 amide bonds. The average molecular weight is 500 g/mol. The number of benzene rings is 1. The van der Waals surface area contributed by atoms with E-state index in [1.807, 2.05) is 6.92 Å². The number of nitrogens with one attached hydrogen (secondary N) is 2. The SMILES string of the molecule is Cc1cc(C)c(NC(=O)c2scc(C)c2S(=O)(=O)Nc2onc(C)c2Cl)c(C(O)CO)c1. The molecular formula is C20H22ClN3O6S2. The molecule has 0 bridgehead atoms. The van der Waals surface area contributed by atoms with Crippen molar-refractivity contribution in [3.8, 4) is 0 Å². The zero-order valence-electron chi connectivity index (χ0n) is 17.7. The number of rotatable bonds is 7. The summed E-state index contributed by atoms with van der Waals surface area (Å²) in [5, 5.41) is 27.4. The van der Waals surface area contributed by atoms with Gasteiger partial charge in [0.05, 0.1) is 6.61 Å². The van der Waals surface area contributed by atoms with Crippen LogP contribution in [0.2, 0.25) is 5.02 Å². The fraction of sp³-hybridized carbons (Fsp3) is 0.300. The lowest BCUT2D eigenvalue weighted by atomic mass is 10.00. The highest BCUT2D eigenvalue weighted by Gasteiger charge is 2.30. The first kappa shape index (κ1) is 24.2. The van der Waals surface area contributed by atoms with Gasteiger partial charge >= 0.3 is 0 Å². The van der Waals surface area contributed by atoms with Gasteiger partial charge in [-0.25, -0.2) is 13.1 Å². The fourth-order valence-corrected chi connectivity index (χ4v) is 6.09. The molecule has 4 N–H and O–H groups in total. The lowest BCUT2D eigenvalue weighted by molar-refractivity contribution is 0.0955. The molecule has 2 aromatic heterocycles. The van der Waals surface area contributed by atoms with Crippen LogP contribution in [0.3, 0.4) is 0 Å². The van der Waals surface area contributed by atoms with Crippen LogP contribution in [0, 0.1) is 27.7 Å². The third-order valence-corrected chi connectivity index (χ3v) is 7.88. The standard InChI is InChI=1S/C20H22ClN3O6S2/c1-9-5-10(2)16(13(6-9)14(26)7-25)22-19(27)17-18(11(3)8-31-17)32(28,29)24-20-15(21)12(4)23-30-20/h5-6,8,14,24-26H,7H2,1-4H3,(H,22,27). The van der Waals surface area contributed by atoms with Crippen molar-refractivity contribution in [2.45, 2.75) is 38.7 Å². The number of aryl methyl sites for hydroxylation is 4. The van der Waals surface area contributed by atoms with Crippen molar-refractivity contribution < 1.29 is 27.9 Å². The molecule has 3 aromatic rings. The smallest absolute Gasteiger partial charge is 0.267 e. The van der Waals surface area contributed by atoms with Gasteiger partial charge in [0, 0.05) is 11.3 Å². The van der Waals surface area contributed by atoms with E-state index in [4.69, 9.17) is 16.1 Å². The summed E-state index contributed by atoms with van der Waals surface area (Å²) < 4.78 is 33.3. The Morgan fingerprint density at radius 1 is 1.25 bits per heavy atom. The van der Waals surface area contributed by atoms with Gasteiger partial charge in [-0.3, -0.25) is 4.79 Å². The molecule has 0 saturated heterocycles. The van der Waals surface area contributed by atoms with Gasteiger partial charge in [-0.15, -0.1) is 11.3 Å². The number of aromatic nitrogens is 1. The molecule has 9 nitrogen and oxygen atoms in total. The predicted octanol–water partition coefficient (Wildman–Crippen LogP) is 3.70. The highest BCUT2D eigenvalue weighted by molar-refractivity contribution is 7.93. The van der Waals surface area contributed by atoms with Crippen molar-refractivity contribution in [3.63, 3.8) is 0 Å². The molecular weight excluding hydrogens is 478 g/mol. The molecule has 0 spiro atoms. The molecule has 172 valence electrons. The van der Waals surface area contributed by atoms with E-state index in [0.717, 1.165) is 16.9 Å². The number of aliphatic hydroxyl groups excluding tert-OH is 2. The molecule has 1 aromatic carbocycles. The van der Waals surface area contributed by atoms with Gasteiger partial charge in [0.1, 0.15) is 26.6 Å². The number of hydrogen-bond acceptors (Lipinski definition) is 8. The fourth-order valence-electron chi connectivity index (χ4n) is 3.22. The predicted molar refractivity (Wildman–Crippen MR) is 122 cm³/mol. The van der Waals surface area contributed by atoms with E-state index in [0.29, 0.717) is 28.1 Å². The zero-order valence-corrected chi connectivity index (χ0v) is 20.1. The number of halogens is 1. The highest BCUT2D eigenvalue weighted by atomic mass is 35.5. The first-order valence-corrected chi connectivity index (χ1v) is 12.1. The first-order chi connectivity index (χ1) is 15.0. The lowest BCUT2D eigenvalue weighted by Crippen LogP contribution is -2.20. The second-order valence-electron chi connectivity index (χ2n) is 7.29. The Kier molecular flexibility index (Phi) is 6.96. The number of thiophene rings is 1. The van der Waals surface area contributed by atoms with E-state index < -0.39 is 28.6 Å². The highest BCUT2D eigenvalue weighted by Crippen LogP contribution is 2.34. The molecule has 0 aliphatic heterocycles. The largest absolute Gasteiger partial charge is 0.393 e. The van der Waals surface area contributed by atoms with Gasteiger partial charge in [-0.1, -0.05) is 34.5 Å². The number of anilines is 2. The molecule has 0 aliphatic carbocycles. The topological polar surface area (TPSA) is 142 Å². The Balaban J connectivity index is 2.00. The number of carbonyl (C=O) groups excluding carboxylic acids is 1. The lowest BCUT2D eigenvalue weighted by Gasteiger charge is -2.18. The third kappa shape index (κ3) is 4.66. The maximum Gasteiger partial charge on any atom is 0.267 e. The van der Waals surface area contributed by atoms with Gasteiger partial charge in [0.2, 0.25) is 0 Å². The van der Waals surface area contributed by atoms with Gasteiger partial charge in [-0.05, 0) is 44.2 Å². The minimum Gasteiger partial charge on any atom is -0.393 e. The number of carbonyl (C=O) groups is 1. The van der Waals surface area contributed by atoms with Crippen molar-refractivity contribution in [1.29, 1.82) is 0 Å². The number of sulfonamides is 1. The average Bonchev–Trinajstić information content (AvgIpc) is 3.26. The summed E-state index contributed by atoms with van der Waals surface area (Å²) >= 11 is 6.97. The molecule has 2 heterocycles. The Morgan fingerprint density at radius 2 is 1.94 bits per heavy atom. The maximum absolute atomic E-state index is 13.1. The Labute approximate surface area is 194 Å². The molecule has 12 heteroatoms. The van der Waals surface area contributed by atoms with Gasteiger partial charge < -0.3 is 20.1 Å². The van der Waals surface area contributed by atoms with Crippen LogP contribution in [0.1, 0.15) is 43.7 Å². The molecule has 3 rings (SSSR count). The van der Waals surface area contributed by atoms with E-state index in [1.165, 1.54) is 0 Å². The summed E-state index contributed by atoms with van der Waals surface area (Å²) in [4.78, 5) is 12.8. The summed E-state index contributed by atoms with van der Waals surface area (Å²) in [5.74, 6) is -0.925. The molecule has 0 saturated carbocycles. The quantitative estimate of drug-likeness (QED) is 0.388. The van der Waals surface area contributed by atoms with Gasteiger partial charge in [0.25, 0.3) is 21.8 Å². The van der Waals surface area contributed by atoms with Crippen LogP contribution in [0.5, 0.6) is 0 Å². The second kappa shape index (κ2) is 9.20. The third-order valence-electron chi connectivity index (χ3n) is 4.69. The van der Waals surface area contributed by atoms with Crippen LogP contribution in [0.25, 0.3) is 0 Å². The minimum atomic E-state index is -4.23. The van der Waals surface area contributed by atoms with Crippen LogP contribution in [-0.2, 0) is 10.0 Å². The summed E-state index contributed by atoms with van der Waals surface area (Å²) in [6.45, 7) is 6.14. The normalized spacial score (nSPS) is 12.6. The first-order valence-electron chi connectivity index (χ1n) is 9.40. The molecule has 0 radical (unpaired) electrons. The summed E-state index contributed by atoms with van der Waals surface area (Å²) in [6, 6.07) is 3.45. The van der Waals surface area contributed by atoms with Crippen LogP contribution in [0.15, 0.2) is 26.9 Å². The van der Waals surface area contributed by atoms with Gasteiger partial charge in [-0.2, -0.15) is 0 Å². The van der Waals surface area contributed by atoms with E-state index in [1.54, 1.807) is 38.3 Å². The van der Waals surface area contributed by atoms with Crippen LogP contribution >= 0.6 is 22.9 Å². The number of aliphatic hydroxyl groups is 2. The molecule has 0 fully saturated rings. The van der Waals surface area contributed by atoms with Crippen LogP contribution < -0.4 is 10.0 Å². The van der Waals surface area contributed by atoms with Crippen molar-refractivity contribution in [2.24, 2.45) is 0 Å². The van der Waals surface area contributed by atoms with Gasteiger partial charge in [0.15, 0.2) is 0 Å². The minimum absolute atomic E-state index is 0.0189. The van der Waals surface area contributed by atoms with Crippen molar-refractivity contribution >= 4 is 50.4 Å². The summed E-state index contributed by atoms with van der Waals surface area (Å²) in [6.07, 6.45) is -1.21. The monoisotopic (exact) mass is 499 g/mol. The van der Waals surface area contributed by atoms with E-state index >= 15 is 0 Å². The van der Waals surface area contributed by atoms with Crippen molar-refractivity contribution in [1.82, 2.24) is 5.16 Å². The van der Waals surface area contributed by atoms with Crippen LogP contribution in [0.4, 0.5) is 11.6 Å². The summed E-state index contributed by atoms with van der Waals surface area (Å²) in [7, 11) is -4.23. The molecule has 32 heavy (non-hydrogen) atoms. The Hall–Kier alpha value is -2.44. The molecule has 1 atom stereocenters. The zero-order chi connectivity index (χ0) is 23.8. The summed E-state index contributed by atoms with van der Waals surface area (Å²) in [5.41, 5.74) is 2.80. The maximum atomic E-state index is 13.1. The number of nitrogens with zero attached hydrogens (tertiary/aromatic N) is 1. The number of amides is 1. The van der Waals surface area contributed by atoms with Crippen molar-refractivity contribution in [2.75, 3.05) is 16.6 Å². The molecule has 1 unspecified atom stereocenters. The van der Waals surface area contributed by atoms with E-state index in [2.05, 4.69) is 15.2 Å².